The van der Waals surface area contributed by atoms with Gasteiger partial charge < -0.3 is 5.73 Å². The lowest BCUT2D eigenvalue weighted by molar-refractivity contribution is 0.510. The highest BCUT2D eigenvalue weighted by Gasteiger charge is 2.11. The van der Waals surface area contributed by atoms with Crippen LogP contribution in [0.3, 0.4) is 0 Å². The average Bonchev–Trinajstić information content (AvgIpc) is 1.84. The zero-order valence-corrected chi connectivity index (χ0v) is 8.00. The third-order valence-corrected chi connectivity index (χ3v) is 2.52. The van der Waals surface area contributed by atoms with Gasteiger partial charge >= 0.3 is 0 Å². The summed E-state index contributed by atoms with van der Waals surface area (Å²) >= 11 is 4.48. The molecule has 0 rings (SSSR count). The molecule has 0 atom stereocenters. The number of nitrogens with one attached hydrogen (secondary N) is 1. The Bertz CT molecular complexity index is 234. The molecule has 0 fully saturated rings. The molecule has 0 aromatic carbocycles. The monoisotopic (exact) mass is 197 g/mol. The van der Waals surface area contributed by atoms with E-state index in [-0.39, 0.29) is 11.5 Å². The van der Waals surface area contributed by atoms with E-state index in [9.17, 15) is 8.42 Å². The first kappa shape index (κ1) is 10.8. The zero-order valence-electron chi connectivity index (χ0n) is 6.36. The summed E-state index contributed by atoms with van der Waals surface area (Å²) in [5, 5.41) is 0. The van der Waals surface area contributed by atoms with E-state index in [4.69, 9.17) is 5.73 Å². The molecule has 5 nitrogen and oxygen atoms in total. The molecule has 0 aromatic heterocycles. The van der Waals surface area contributed by atoms with Gasteiger partial charge in [-0.3, -0.25) is 0 Å². The molecule has 0 saturated carbocycles. The molecule has 3 N–H and O–H groups in total. The van der Waals surface area contributed by atoms with Crippen LogP contribution in [0, 0.1) is 0 Å². The fraction of sp³-hybridized carbons (Fsp3) is 0.750. The molecule has 7 heteroatoms. The largest absolute Gasteiger partial charge is 0.392 e. The lowest BCUT2D eigenvalue weighted by atomic mass is 10.7. The number of hydrogen-bond acceptors (Lipinski definition) is 3. The maximum Gasteiger partial charge on any atom is 0.279 e. The second-order valence-corrected chi connectivity index (χ2v) is 4.57. The molecule has 0 heterocycles. The molecule has 0 saturated heterocycles. The van der Waals surface area contributed by atoms with Crippen molar-refractivity contribution in [2.75, 3.05) is 20.6 Å². The predicted molar refractivity (Wildman–Crippen MR) is 47.4 cm³/mol. The topological polar surface area (TPSA) is 75.4 Å². The summed E-state index contributed by atoms with van der Waals surface area (Å²) in [7, 11) is -0.540. The number of rotatable bonds is 4. The summed E-state index contributed by atoms with van der Waals surface area (Å²) in [5.41, 5.74) is 5.09. The molecule has 0 aliphatic carbocycles. The first-order chi connectivity index (χ1) is 4.86. The summed E-state index contributed by atoms with van der Waals surface area (Å²) in [6, 6.07) is 0. The summed E-state index contributed by atoms with van der Waals surface area (Å²) in [6.07, 6.45) is 0. The third-order valence-electron chi connectivity index (χ3n) is 0.910. The molecule has 11 heavy (non-hydrogen) atoms. The standard InChI is InChI=1S/C4H11N3O2S2/c1-7(2)11(8,9)6-3-4(5)10/h6H,3H2,1-2H3,(H2,5,10). The Labute approximate surface area is 71.7 Å². The number of nitrogens with two attached hydrogens (primary N) is 1. The van der Waals surface area contributed by atoms with Gasteiger partial charge in [-0.25, -0.2) is 0 Å². The van der Waals surface area contributed by atoms with Gasteiger partial charge in [-0.15, -0.1) is 0 Å². The lowest BCUT2D eigenvalue weighted by Crippen LogP contribution is -2.39. The van der Waals surface area contributed by atoms with Gasteiger partial charge in [0.25, 0.3) is 10.2 Å². The van der Waals surface area contributed by atoms with Gasteiger partial charge in [-0.1, -0.05) is 12.2 Å². The second kappa shape index (κ2) is 3.96. The van der Waals surface area contributed by atoms with Crippen LogP contribution in [-0.2, 0) is 10.2 Å². The minimum Gasteiger partial charge on any atom is -0.392 e. The highest BCUT2D eigenvalue weighted by atomic mass is 32.2. The smallest absolute Gasteiger partial charge is 0.279 e. The van der Waals surface area contributed by atoms with E-state index in [2.05, 4.69) is 16.9 Å². The Balaban J connectivity index is 4.05. The number of nitrogens with zero attached hydrogens (tertiary/aromatic N) is 1. The van der Waals surface area contributed by atoms with Gasteiger partial charge in [0.2, 0.25) is 0 Å². The molecule has 0 radical (unpaired) electrons. The number of thiocarbonyl (C=S) groups is 1. The second-order valence-electron chi connectivity index (χ2n) is 2.07. The van der Waals surface area contributed by atoms with Crippen LogP contribution >= 0.6 is 12.2 Å². The maximum absolute atomic E-state index is 10.9. The average molecular weight is 197 g/mol. The Morgan fingerprint density at radius 1 is 1.64 bits per heavy atom. The van der Waals surface area contributed by atoms with Crippen molar-refractivity contribution in [3.63, 3.8) is 0 Å². The molecule has 0 bridgehead atoms. The van der Waals surface area contributed by atoms with E-state index in [0.717, 1.165) is 4.31 Å². The van der Waals surface area contributed by atoms with Crippen LogP contribution in [0.5, 0.6) is 0 Å². The van der Waals surface area contributed by atoms with Gasteiger partial charge in [0, 0.05) is 14.1 Å². The van der Waals surface area contributed by atoms with Crippen LogP contribution in [0.25, 0.3) is 0 Å². The van der Waals surface area contributed by atoms with Gasteiger partial charge in [-0.05, 0) is 0 Å². The molecule has 0 aliphatic heterocycles. The molecular formula is C4H11N3O2S2. The van der Waals surface area contributed by atoms with Crippen LogP contribution in [0.1, 0.15) is 0 Å². The molecule has 0 aromatic rings. The molecule has 0 amide bonds. The summed E-state index contributed by atoms with van der Waals surface area (Å²) in [5.74, 6) is 0. The van der Waals surface area contributed by atoms with E-state index < -0.39 is 10.2 Å². The normalized spacial score (nSPS) is 11.9. The van der Waals surface area contributed by atoms with Crippen LogP contribution in [0.4, 0.5) is 0 Å². The predicted octanol–water partition coefficient (Wildman–Crippen LogP) is -1.33. The van der Waals surface area contributed by atoms with Crippen molar-refractivity contribution in [2.24, 2.45) is 5.73 Å². The van der Waals surface area contributed by atoms with Gasteiger partial charge in [0.05, 0.1) is 11.5 Å². The molecule has 0 unspecified atom stereocenters. The van der Waals surface area contributed by atoms with Crippen LogP contribution in [0.15, 0.2) is 0 Å². The first-order valence-electron chi connectivity index (χ1n) is 2.81. The highest BCUT2D eigenvalue weighted by molar-refractivity contribution is 7.87. The van der Waals surface area contributed by atoms with Crippen LogP contribution in [-0.4, -0.2) is 38.4 Å². The Hall–Kier alpha value is -0.240. The SMILES string of the molecule is CN(C)S(=O)(=O)NCC(N)=S. The summed E-state index contributed by atoms with van der Waals surface area (Å²) < 4.78 is 25.1. The fourth-order valence-corrected chi connectivity index (χ4v) is 1.05. The van der Waals surface area contributed by atoms with Crippen molar-refractivity contribution in [3.05, 3.63) is 0 Å². The first-order valence-corrected chi connectivity index (χ1v) is 4.66. The van der Waals surface area contributed by atoms with Crippen molar-refractivity contribution < 1.29 is 8.42 Å². The van der Waals surface area contributed by atoms with Crippen LogP contribution in [0.2, 0.25) is 0 Å². The van der Waals surface area contributed by atoms with Crippen molar-refractivity contribution in [1.29, 1.82) is 0 Å². The Kier molecular flexibility index (Phi) is 3.87. The molecule has 0 aliphatic rings. The maximum atomic E-state index is 10.9. The molecular weight excluding hydrogens is 186 g/mol. The fourth-order valence-electron chi connectivity index (χ4n) is 0.291. The minimum absolute atomic E-state index is 0.00412. The van der Waals surface area contributed by atoms with Crippen molar-refractivity contribution in [3.8, 4) is 0 Å². The Morgan fingerprint density at radius 3 is 2.36 bits per heavy atom. The van der Waals surface area contributed by atoms with E-state index in [0.29, 0.717) is 0 Å². The minimum atomic E-state index is -3.38. The van der Waals surface area contributed by atoms with Crippen LogP contribution < -0.4 is 10.5 Å². The van der Waals surface area contributed by atoms with E-state index >= 15 is 0 Å². The molecule has 66 valence electrons. The quantitative estimate of drug-likeness (QED) is 0.547. The van der Waals surface area contributed by atoms with Crippen molar-refractivity contribution >= 4 is 27.4 Å². The lowest BCUT2D eigenvalue weighted by Gasteiger charge is -2.11. The highest BCUT2D eigenvalue weighted by Crippen LogP contribution is 1.85. The van der Waals surface area contributed by atoms with E-state index in [1.54, 1.807) is 0 Å². The van der Waals surface area contributed by atoms with E-state index in [1.807, 2.05) is 0 Å². The van der Waals surface area contributed by atoms with Gasteiger partial charge in [0.1, 0.15) is 0 Å². The van der Waals surface area contributed by atoms with E-state index in [1.165, 1.54) is 14.1 Å². The third kappa shape index (κ3) is 4.25. The van der Waals surface area contributed by atoms with Crippen molar-refractivity contribution in [1.82, 2.24) is 9.03 Å². The zero-order chi connectivity index (χ0) is 9.07. The van der Waals surface area contributed by atoms with Gasteiger partial charge in [-0.2, -0.15) is 17.4 Å². The summed E-state index contributed by atoms with van der Waals surface area (Å²) in [6.45, 7) is -0.00412. The van der Waals surface area contributed by atoms with Gasteiger partial charge in [0.15, 0.2) is 0 Å². The number of hydrogen-bond donors (Lipinski definition) is 2. The van der Waals surface area contributed by atoms with Crippen molar-refractivity contribution in [2.45, 2.75) is 0 Å². The Morgan fingerprint density at radius 2 is 2.09 bits per heavy atom. The molecule has 0 spiro atoms. The summed E-state index contributed by atoms with van der Waals surface area (Å²) in [4.78, 5) is 0.121.